The van der Waals surface area contributed by atoms with Crippen LogP contribution in [0.4, 0.5) is 5.69 Å². The van der Waals surface area contributed by atoms with Crippen molar-refractivity contribution in [3.05, 3.63) is 64.7 Å². The first kappa shape index (κ1) is 20.0. The maximum Gasteiger partial charge on any atom is 0.309 e. The number of carbonyl (C=O) groups is 2. The molecule has 1 unspecified atom stereocenters. The number of halogens is 1. The molecule has 2 aromatic carbocycles. The lowest BCUT2D eigenvalue weighted by Gasteiger charge is -2.23. The Hall–Kier alpha value is -2.33. The molecule has 29 heavy (non-hydrogen) atoms. The van der Waals surface area contributed by atoms with Crippen LogP contribution in [-0.4, -0.2) is 17.0 Å². The Kier molecular flexibility index (Phi) is 5.64. The molecular formula is C24H26ClNO3. The van der Waals surface area contributed by atoms with Gasteiger partial charge in [0, 0.05) is 10.7 Å². The van der Waals surface area contributed by atoms with Crippen molar-refractivity contribution in [1.82, 2.24) is 0 Å². The number of aliphatic carboxylic acids is 1. The summed E-state index contributed by atoms with van der Waals surface area (Å²) in [6.45, 7) is 0. The molecule has 2 aromatic rings. The summed E-state index contributed by atoms with van der Waals surface area (Å²) in [5, 5.41) is 13.2. The van der Waals surface area contributed by atoms with Crippen LogP contribution in [0.15, 0.2) is 48.5 Å². The minimum absolute atomic E-state index is 0.00394. The number of carbonyl (C=O) groups excluding carboxylic acids is 1. The van der Waals surface area contributed by atoms with Crippen LogP contribution < -0.4 is 5.32 Å². The minimum atomic E-state index is -0.726. The molecule has 0 spiro atoms. The van der Waals surface area contributed by atoms with Gasteiger partial charge in [-0.25, -0.2) is 0 Å². The van der Waals surface area contributed by atoms with E-state index in [1.54, 1.807) is 0 Å². The molecule has 2 aliphatic carbocycles. The third kappa shape index (κ3) is 4.48. The Morgan fingerprint density at radius 2 is 1.79 bits per heavy atom. The molecule has 4 rings (SSSR count). The van der Waals surface area contributed by atoms with Crippen LogP contribution in [0, 0.1) is 11.3 Å². The monoisotopic (exact) mass is 411 g/mol. The molecule has 4 nitrogen and oxygen atoms in total. The molecule has 0 aromatic heterocycles. The molecule has 152 valence electrons. The van der Waals surface area contributed by atoms with Crippen LogP contribution >= 0.6 is 11.6 Å². The Morgan fingerprint density at radius 1 is 1.10 bits per heavy atom. The first-order valence-electron chi connectivity index (χ1n) is 10.4. The summed E-state index contributed by atoms with van der Waals surface area (Å²) in [5.74, 6) is -0.597. The lowest BCUT2D eigenvalue weighted by atomic mass is 9.84. The van der Waals surface area contributed by atoms with Crippen molar-refractivity contribution in [3.63, 3.8) is 0 Å². The topological polar surface area (TPSA) is 66.4 Å². The number of rotatable bonds is 7. The van der Waals surface area contributed by atoms with Gasteiger partial charge in [-0.05, 0) is 73.4 Å². The maximum atomic E-state index is 13.3. The van der Waals surface area contributed by atoms with Gasteiger partial charge >= 0.3 is 5.97 Å². The van der Waals surface area contributed by atoms with Gasteiger partial charge in [0.15, 0.2) is 0 Å². The van der Waals surface area contributed by atoms with E-state index >= 15 is 0 Å². The molecule has 1 atom stereocenters. The van der Waals surface area contributed by atoms with Crippen LogP contribution in [0.3, 0.4) is 0 Å². The average Bonchev–Trinajstić information content (AvgIpc) is 3.28. The number of carboxylic acid groups (broad SMARTS) is 1. The van der Waals surface area contributed by atoms with Gasteiger partial charge in [-0.3, -0.25) is 9.59 Å². The number of amides is 1. The number of nitrogens with one attached hydrogen (secondary N) is 1. The molecule has 0 heterocycles. The van der Waals surface area contributed by atoms with Crippen LogP contribution in [0.25, 0.3) is 0 Å². The molecule has 0 saturated heterocycles. The second kappa shape index (κ2) is 8.19. The second-order valence-corrected chi connectivity index (χ2v) is 8.96. The normalized spacial score (nSPS) is 18.9. The summed E-state index contributed by atoms with van der Waals surface area (Å²) in [5.41, 5.74) is 2.06. The van der Waals surface area contributed by atoms with E-state index in [9.17, 15) is 14.7 Å². The van der Waals surface area contributed by atoms with Gasteiger partial charge < -0.3 is 10.4 Å². The standard InChI is InChI=1S/C24H26ClNO3/c25-19-10-8-18(9-11-19)21(17-5-1-2-6-17)22(27)26-20-7-3-4-16(14-20)15-24(12-13-24)23(28)29/h3-4,7-11,14,17,21H,1-2,5-6,12-13,15H2,(H,26,27)(H,28,29). The summed E-state index contributed by atoms with van der Waals surface area (Å²) in [6, 6.07) is 15.2. The van der Waals surface area contributed by atoms with Gasteiger partial charge in [0.05, 0.1) is 11.3 Å². The molecule has 2 saturated carbocycles. The van der Waals surface area contributed by atoms with E-state index in [0.717, 1.165) is 55.3 Å². The van der Waals surface area contributed by atoms with Crippen molar-refractivity contribution in [2.75, 3.05) is 5.32 Å². The highest BCUT2D eigenvalue weighted by Gasteiger charge is 2.49. The number of benzene rings is 2. The van der Waals surface area contributed by atoms with Crippen molar-refractivity contribution in [1.29, 1.82) is 0 Å². The van der Waals surface area contributed by atoms with Crippen LogP contribution in [0.2, 0.25) is 5.02 Å². The van der Waals surface area contributed by atoms with E-state index in [1.165, 1.54) is 0 Å². The smallest absolute Gasteiger partial charge is 0.309 e. The lowest BCUT2D eigenvalue weighted by molar-refractivity contribution is -0.143. The first-order valence-corrected chi connectivity index (χ1v) is 10.7. The summed E-state index contributed by atoms with van der Waals surface area (Å²) in [6.07, 6.45) is 6.39. The van der Waals surface area contributed by atoms with E-state index in [-0.39, 0.29) is 11.8 Å². The van der Waals surface area contributed by atoms with E-state index in [2.05, 4.69) is 5.32 Å². The molecule has 2 N–H and O–H groups in total. The van der Waals surface area contributed by atoms with Crippen molar-refractivity contribution in [2.45, 2.75) is 50.9 Å². The van der Waals surface area contributed by atoms with Gasteiger partial charge in [0.25, 0.3) is 0 Å². The number of carboxylic acids is 1. The molecular weight excluding hydrogens is 386 g/mol. The second-order valence-electron chi connectivity index (χ2n) is 8.53. The van der Waals surface area contributed by atoms with Gasteiger partial charge in [-0.15, -0.1) is 0 Å². The zero-order chi connectivity index (χ0) is 20.4. The molecule has 1 amide bonds. The molecule has 0 aliphatic heterocycles. The average molecular weight is 412 g/mol. The summed E-state index contributed by atoms with van der Waals surface area (Å²) in [4.78, 5) is 24.8. The van der Waals surface area contributed by atoms with E-state index in [1.807, 2.05) is 48.5 Å². The van der Waals surface area contributed by atoms with Crippen molar-refractivity contribution in [2.24, 2.45) is 11.3 Å². The molecule has 5 heteroatoms. The maximum absolute atomic E-state index is 13.3. The Morgan fingerprint density at radius 3 is 2.41 bits per heavy atom. The van der Waals surface area contributed by atoms with Crippen LogP contribution in [0.5, 0.6) is 0 Å². The summed E-state index contributed by atoms with van der Waals surface area (Å²) >= 11 is 6.04. The highest BCUT2D eigenvalue weighted by atomic mass is 35.5. The molecule has 0 radical (unpaired) electrons. The Labute approximate surface area is 176 Å². The fourth-order valence-corrected chi connectivity index (χ4v) is 4.71. The van der Waals surface area contributed by atoms with Crippen molar-refractivity contribution < 1.29 is 14.7 Å². The van der Waals surface area contributed by atoms with Crippen LogP contribution in [0.1, 0.15) is 55.6 Å². The molecule has 0 bridgehead atoms. The van der Waals surface area contributed by atoms with Crippen molar-refractivity contribution >= 4 is 29.2 Å². The van der Waals surface area contributed by atoms with E-state index in [0.29, 0.717) is 17.4 Å². The fraction of sp³-hybridized carbons (Fsp3) is 0.417. The number of hydrogen-bond acceptors (Lipinski definition) is 2. The zero-order valence-electron chi connectivity index (χ0n) is 16.4. The molecule has 2 aliphatic rings. The SMILES string of the molecule is O=C(Nc1cccc(CC2(C(=O)O)CC2)c1)C(c1ccc(Cl)cc1)C1CCCC1. The van der Waals surface area contributed by atoms with Crippen LogP contribution in [-0.2, 0) is 16.0 Å². The van der Waals surface area contributed by atoms with Gasteiger partial charge in [-0.2, -0.15) is 0 Å². The quantitative estimate of drug-likeness (QED) is 0.617. The fourth-order valence-electron chi connectivity index (χ4n) is 4.59. The minimum Gasteiger partial charge on any atom is -0.481 e. The third-order valence-electron chi connectivity index (χ3n) is 6.43. The Balaban J connectivity index is 1.52. The van der Waals surface area contributed by atoms with E-state index in [4.69, 9.17) is 11.6 Å². The highest BCUT2D eigenvalue weighted by molar-refractivity contribution is 6.30. The first-order chi connectivity index (χ1) is 14.0. The van der Waals surface area contributed by atoms with Gasteiger partial charge in [-0.1, -0.05) is 48.7 Å². The summed E-state index contributed by atoms with van der Waals surface area (Å²) in [7, 11) is 0. The molecule has 2 fully saturated rings. The Bertz CT molecular complexity index is 899. The highest BCUT2D eigenvalue weighted by Crippen LogP contribution is 2.48. The predicted octanol–water partition coefficient (Wildman–Crippen LogP) is 5.66. The largest absolute Gasteiger partial charge is 0.481 e. The predicted molar refractivity (Wildman–Crippen MR) is 114 cm³/mol. The number of anilines is 1. The summed E-state index contributed by atoms with van der Waals surface area (Å²) < 4.78 is 0. The van der Waals surface area contributed by atoms with Crippen molar-refractivity contribution in [3.8, 4) is 0 Å². The number of hydrogen-bond donors (Lipinski definition) is 2. The van der Waals surface area contributed by atoms with Gasteiger partial charge in [0.2, 0.25) is 5.91 Å². The zero-order valence-corrected chi connectivity index (χ0v) is 17.1. The van der Waals surface area contributed by atoms with Gasteiger partial charge in [0.1, 0.15) is 0 Å². The third-order valence-corrected chi connectivity index (χ3v) is 6.68. The van der Waals surface area contributed by atoms with E-state index < -0.39 is 11.4 Å². The lowest BCUT2D eigenvalue weighted by Crippen LogP contribution is -2.26.